The van der Waals surface area contributed by atoms with E-state index in [1.54, 1.807) is 23.8 Å². The molecule has 0 aliphatic rings. The number of para-hydroxylation sites is 1. The molecule has 8 heteroatoms. The fourth-order valence-corrected chi connectivity index (χ4v) is 3.71. The number of ether oxygens (including phenoxy) is 2. The first kappa shape index (κ1) is 22.1. The Morgan fingerprint density at radius 2 is 1.60 bits per heavy atom. The first-order chi connectivity index (χ1) is 17.2. The van der Waals surface area contributed by atoms with Crippen LogP contribution in [0.5, 0.6) is 11.6 Å². The second-order valence-electron chi connectivity index (χ2n) is 7.71. The van der Waals surface area contributed by atoms with E-state index in [4.69, 9.17) is 9.47 Å². The fraction of sp³-hybridized carbons (Fsp3) is 0.111. The van der Waals surface area contributed by atoms with Crippen molar-refractivity contribution in [3.05, 3.63) is 96.6 Å². The van der Waals surface area contributed by atoms with Gasteiger partial charge in [-0.2, -0.15) is 4.52 Å². The summed E-state index contributed by atoms with van der Waals surface area (Å²) < 4.78 is 12.8. The normalized spacial score (nSPS) is 10.8. The van der Waals surface area contributed by atoms with Gasteiger partial charge in [0, 0.05) is 11.6 Å². The molecule has 0 unspecified atom stereocenters. The van der Waals surface area contributed by atoms with E-state index in [-0.39, 0.29) is 12.5 Å². The summed E-state index contributed by atoms with van der Waals surface area (Å²) in [4.78, 5) is 12.5. The minimum absolute atomic E-state index is 0.158. The van der Waals surface area contributed by atoms with Crippen LogP contribution in [-0.4, -0.2) is 46.0 Å². The number of amides is 1. The van der Waals surface area contributed by atoms with Crippen molar-refractivity contribution in [2.45, 2.75) is 0 Å². The first-order valence-electron chi connectivity index (χ1n) is 11.2. The van der Waals surface area contributed by atoms with Crippen LogP contribution in [0, 0.1) is 0 Å². The van der Waals surface area contributed by atoms with Gasteiger partial charge in [0.2, 0.25) is 5.88 Å². The molecule has 5 rings (SSSR count). The van der Waals surface area contributed by atoms with E-state index in [0.717, 1.165) is 16.7 Å². The van der Waals surface area contributed by atoms with Gasteiger partial charge >= 0.3 is 0 Å². The smallest absolute Gasteiger partial charge is 0.251 e. The summed E-state index contributed by atoms with van der Waals surface area (Å²) in [6.45, 7) is 0.596. The molecule has 0 bridgehead atoms. The lowest BCUT2D eigenvalue weighted by Gasteiger charge is -2.09. The highest BCUT2D eigenvalue weighted by Crippen LogP contribution is 2.28. The average Bonchev–Trinajstić information content (AvgIpc) is 3.34. The van der Waals surface area contributed by atoms with Crippen LogP contribution in [0.3, 0.4) is 0 Å². The average molecular weight is 466 g/mol. The van der Waals surface area contributed by atoms with Crippen molar-refractivity contribution in [1.82, 2.24) is 25.1 Å². The van der Waals surface area contributed by atoms with Crippen LogP contribution >= 0.6 is 0 Å². The summed E-state index contributed by atoms with van der Waals surface area (Å²) in [5, 5.41) is 15.8. The van der Waals surface area contributed by atoms with Crippen LogP contribution in [0.15, 0.2) is 91.0 Å². The van der Waals surface area contributed by atoms with E-state index in [1.807, 2.05) is 78.9 Å². The summed E-state index contributed by atoms with van der Waals surface area (Å²) in [7, 11) is 1.61. The number of nitrogens with one attached hydrogen (secondary N) is 1. The summed E-state index contributed by atoms with van der Waals surface area (Å²) in [6.07, 6.45) is 0. The molecule has 1 N–H and O–H groups in total. The first-order valence-corrected chi connectivity index (χ1v) is 11.2. The van der Waals surface area contributed by atoms with Crippen LogP contribution in [0.25, 0.3) is 28.2 Å². The third kappa shape index (κ3) is 4.81. The van der Waals surface area contributed by atoms with Crippen molar-refractivity contribution in [1.29, 1.82) is 0 Å². The molecule has 0 saturated heterocycles. The number of nitrogens with zero attached hydrogens (tertiary/aromatic N) is 4. The fourth-order valence-electron chi connectivity index (χ4n) is 3.71. The Morgan fingerprint density at radius 3 is 2.40 bits per heavy atom. The highest BCUT2D eigenvalue weighted by Gasteiger charge is 2.14. The van der Waals surface area contributed by atoms with E-state index >= 15 is 0 Å². The molecule has 0 saturated carbocycles. The highest BCUT2D eigenvalue weighted by molar-refractivity contribution is 5.94. The number of carbonyl (C=O) groups excluding carboxylic acids is 1. The molecule has 5 aromatic rings. The van der Waals surface area contributed by atoms with E-state index in [0.29, 0.717) is 35.2 Å². The maximum atomic E-state index is 12.5. The van der Waals surface area contributed by atoms with Crippen molar-refractivity contribution in [3.8, 4) is 34.1 Å². The van der Waals surface area contributed by atoms with E-state index < -0.39 is 0 Å². The molecule has 0 spiro atoms. The van der Waals surface area contributed by atoms with Crippen LogP contribution < -0.4 is 14.8 Å². The Kier molecular flexibility index (Phi) is 6.34. The Morgan fingerprint density at radius 1 is 0.857 bits per heavy atom. The van der Waals surface area contributed by atoms with Gasteiger partial charge in [-0.25, -0.2) is 0 Å². The van der Waals surface area contributed by atoms with Gasteiger partial charge in [0.15, 0.2) is 11.5 Å². The number of fused-ring (bicyclic) bond motifs is 1. The number of hydrogen-bond donors (Lipinski definition) is 1. The molecule has 35 heavy (non-hydrogen) atoms. The Hall–Kier alpha value is -4.72. The number of methoxy groups -OCH3 is 1. The molecule has 2 heterocycles. The van der Waals surface area contributed by atoms with Crippen molar-refractivity contribution < 1.29 is 14.3 Å². The minimum atomic E-state index is -0.158. The second-order valence-corrected chi connectivity index (χ2v) is 7.71. The Labute approximate surface area is 202 Å². The summed E-state index contributed by atoms with van der Waals surface area (Å²) in [5.74, 6) is 1.47. The third-order valence-corrected chi connectivity index (χ3v) is 5.48. The second kappa shape index (κ2) is 10.0. The lowest BCUT2D eigenvalue weighted by atomic mass is 10.0. The van der Waals surface area contributed by atoms with Gasteiger partial charge < -0.3 is 14.8 Å². The number of rotatable bonds is 8. The van der Waals surface area contributed by atoms with Crippen molar-refractivity contribution >= 4 is 11.6 Å². The van der Waals surface area contributed by atoms with Crippen molar-refractivity contribution in [2.24, 2.45) is 0 Å². The summed E-state index contributed by atoms with van der Waals surface area (Å²) in [6, 6.07) is 28.6. The van der Waals surface area contributed by atoms with E-state index in [2.05, 4.69) is 20.6 Å². The van der Waals surface area contributed by atoms with Gasteiger partial charge in [-0.15, -0.1) is 15.3 Å². The molecule has 0 aliphatic heterocycles. The number of carbonyl (C=O) groups is 1. The molecule has 0 atom stereocenters. The van der Waals surface area contributed by atoms with Gasteiger partial charge in [-0.1, -0.05) is 54.6 Å². The molecule has 0 aliphatic carbocycles. The molecule has 8 nitrogen and oxygen atoms in total. The lowest BCUT2D eigenvalue weighted by molar-refractivity contribution is 0.0946. The quantitative estimate of drug-likeness (QED) is 0.344. The maximum Gasteiger partial charge on any atom is 0.251 e. The molecular weight excluding hydrogens is 442 g/mol. The molecular formula is C27H23N5O3. The zero-order chi connectivity index (χ0) is 24.0. The molecule has 0 fully saturated rings. The molecule has 3 aromatic carbocycles. The SMILES string of the molecule is COc1ccccc1-c1nnc2ccc(OCCNC(=O)c3ccc(-c4ccccc4)cc3)nn12. The van der Waals surface area contributed by atoms with Crippen molar-refractivity contribution in [3.63, 3.8) is 0 Å². The number of aromatic nitrogens is 4. The zero-order valence-electron chi connectivity index (χ0n) is 19.1. The monoisotopic (exact) mass is 465 g/mol. The van der Waals surface area contributed by atoms with Gasteiger partial charge in [-0.05, 0) is 41.5 Å². The van der Waals surface area contributed by atoms with Crippen LogP contribution in [-0.2, 0) is 0 Å². The summed E-state index contributed by atoms with van der Waals surface area (Å²) >= 11 is 0. The highest BCUT2D eigenvalue weighted by atomic mass is 16.5. The van der Waals surface area contributed by atoms with Crippen LogP contribution in [0.1, 0.15) is 10.4 Å². The topological polar surface area (TPSA) is 90.6 Å². The van der Waals surface area contributed by atoms with Crippen LogP contribution in [0.2, 0.25) is 0 Å². The number of hydrogen-bond acceptors (Lipinski definition) is 6. The Bertz CT molecular complexity index is 1450. The Balaban J connectivity index is 1.20. The van der Waals surface area contributed by atoms with E-state index in [1.165, 1.54) is 0 Å². The predicted octanol–water partition coefficient (Wildman–Crippen LogP) is 4.28. The van der Waals surface area contributed by atoms with Crippen molar-refractivity contribution in [2.75, 3.05) is 20.3 Å². The standard InChI is InChI=1S/C27H23N5O3/c1-34-23-10-6-5-9-22(23)26-30-29-24-15-16-25(31-32(24)26)35-18-17-28-27(33)21-13-11-20(12-14-21)19-7-3-2-4-8-19/h2-16H,17-18H2,1H3,(H,28,33). The predicted molar refractivity (Wildman–Crippen MR) is 132 cm³/mol. The van der Waals surface area contributed by atoms with Gasteiger partial charge in [0.25, 0.3) is 5.91 Å². The van der Waals surface area contributed by atoms with Crippen LogP contribution in [0.4, 0.5) is 0 Å². The van der Waals surface area contributed by atoms with Gasteiger partial charge in [-0.3, -0.25) is 4.79 Å². The largest absolute Gasteiger partial charge is 0.496 e. The van der Waals surface area contributed by atoms with Gasteiger partial charge in [0.05, 0.1) is 19.2 Å². The zero-order valence-corrected chi connectivity index (χ0v) is 19.1. The van der Waals surface area contributed by atoms with Gasteiger partial charge in [0.1, 0.15) is 12.4 Å². The summed E-state index contributed by atoms with van der Waals surface area (Å²) in [5.41, 5.74) is 4.13. The minimum Gasteiger partial charge on any atom is -0.496 e. The lowest BCUT2D eigenvalue weighted by Crippen LogP contribution is -2.28. The maximum absolute atomic E-state index is 12.5. The molecule has 2 aromatic heterocycles. The molecule has 1 amide bonds. The number of benzene rings is 3. The third-order valence-electron chi connectivity index (χ3n) is 5.48. The van der Waals surface area contributed by atoms with E-state index in [9.17, 15) is 4.79 Å². The molecule has 0 radical (unpaired) electrons. The molecule has 174 valence electrons.